The van der Waals surface area contributed by atoms with Gasteiger partial charge in [-0.15, -0.1) is 0 Å². The van der Waals surface area contributed by atoms with E-state index in [1.54, 1.807) is 0 Å². The fourth-order valence-electron chi connectivity index (χ4n) is 2.12. The zero-order valence-electron chi connectivity index (χ0n) is 9.39. The van der Waals surface area contributed by atoms with Crippen LogP contribution in [0.25, 0.3) is 0 Å². The van der Waals surface area contributed by atoms with Gasteiger partial charge < -0.3 is 10.2 Å². The molecule has 0 atom stereocenters. The van der Waals surface area contributed by atoms with Crippen LogP contribution < -0.4 is 5.32 Å². The molecule has 0 spiro atoms. The molecule has 2 rings (SSSR count). The van der Waals surface area contributed by atoms with Crippen LogP contribution in [-0.2, 0) is 6.54 Å². The Labute approximate surface area is 91.3 Å². The lowest BCUT2D eigenvalue weighted by Crippen LogP contribution is -2.42. The van der Waals surface area contributed by atoms with Gasteiger partial charge in [-0.1, -0.05) is 0 Å². The molecule has 1 N–H and O–H groups in total. The zero-order chi connectivity index (χ0) is 10.5. The molecule has 1 aliphatic heterocycles. The van der Waals surface area contributed by atoms with Gasteiger partial charge in [0.05, 0.1) is 6.54 Å². The van der Waals surface area contributed by atoms with Gasteiger partial charge in [0.15, 0.2) is 0 Å². The third-order valence-electron chi connectivity index (χ3n) is 3.20. The van der Waals surface area contributed by atoms with E-state index < -0.39 is 0 Å². The maximum Gasteiger partial charge on any atom is 0.0536 e. The first-order valence-corrected chi connectivity index (χ1v) is 5.75. The summed E-state index contributed by atoms with van der Waals surface area (Å²) in [6, 6.07) is 2.71. The maximum atomic E-state index is 4.21. The minimum atomic E-state index is 0.728. The van der Waals surface area contributed by atoms with Crippen molar-refractivity contribution < 1.29 is 0 Å². The fourth-order valence-corrected chi connectivity index (χ4v) is 2.12. The van der Waals surface area contributed by atoms with Crippen LogP contribution in [0.5, 0.6) is 0 Å². The van der Waals surface area contributed by atoms with Crippen LogP contribution in [0.15, 0.2) is 18.5 Å². The Hall–Kier alpha value is -0.870. The average Bonchev–Trinajstić information content (AvgIpc) is 2.80. The van der Waals surface area contributed by atoms with Crippen molar-refractivity contribution in [3.63, 3.8) is 0 Å². The summed E-state index contributed by atoms with van der Waals surface area (Å²) < 4.78 is 2.00. The van der Waals surface area contributed by atoms with Crippen molar-refractivity contribution in [3.05, 3.63) is 18.5 Å². The van der Waals surface area contributed by atoms with Gasteiger partial charge in [-0.3, -0.25) is 4.68 Å². The standard InChI is InChI=1S/C11H20N4/c1-12-11-3-7-14(8-4-11)9-10-15-6-2-5-13-15/h2,5-6,11-12H,3-4,7-10H2,1H3. The lowest BCUT2D eigenvalue weighted by Gasteiger charge is -2.31. The Bertz CT molecular complexity index is 262. The van der Waals surface area contributed by atoms with Crippen molar-refractivity contribution in [3.8, 4) is 0 Å². The van der Waals surface area contributed by atoms with Gasteiger partial charge >= 0.3 is 0 Å². The minimum Gasteiger partial charge on any atom is -0.317 e. The van der Waals surface area contributed by atoms with E-state index in [4.69, 9.17) is 0 Å². The second-order valence-corrected chi connectivity index (χ2v) is 4.17. The van der Waals surface area contributed by atoms with Crippen LogP contribution in [-0.4, -0.2) is 47.4 Å². The largest absolute Gasteiger partial charge is 0.317 e. The molecule has 0 amide bonds. The number of likely N-dealkylation sites (tertiary alicyclic amines) is 1. The number of nitrogens with one attached hydrogen (secondary N) is 1. The number of piperidine rings is 1. The molecule has 0 radical (unpaired) electrons. The topological polar surface area (TPSA) is 33.1 Å². The molecule has 4 heteroatoms. The van der Waals surface area contributed by atoms with Gasteiger partial charge in [0.25, 0.3) is 0 Å². The van der Waals surface area contributed by atoms with E-state index >= 15 is 0 Å². The molecule has 1 aromatic heterocycles. The van der Waals surface area contributed by atoms with Crippen molar-refractivity contribution in [2.75, 3.05) is 26.7 Å². The van der Waals surface area contributed by atoms with Crippen LogP contribution in [0.3, 0.4) is 0 Å². The predicted octanol–water partition coefficient (Wildman–Crippen LogP) is 0.567. The van der Waals surface area contributed by atoms with Crippen molar-refractivity contribution >= 4 is 0 Å². The van der Waals surface area contributed by atoms with Gasteiger partial charge in [-0.05, 0) is 39.0 Å². The van der Waals surface area contributed by atoms with Gasteiger partial charge in [0.2, 0.25) is 0 Å². The van der Waals surface area contributed by atoms with E-state index in [0.717, 1.165) is 19.1 Å². The molecule has 15 heavy (non-hydrogen) atoms. The lowest BCUT2D eigenvalue weighted by molar-refractivity contribution is 0.193. The highest BCUT2D eigenvalue weighted by atomic mass is 15.3. The Morgan fingerprint density at radius 1 is 1.33 bits per heavy atom. The summed E-state index contributed by atoms with van der Waals surface area (Å²) in [7, 11) is 2.06. The van der Waals surface area contributed by atoms with E-state index in [9.17, 15) is 0 Å². The first-order chi connectivity index (χ1) is 7.38. The number of nitrogens with zero attached hydrogens (tertiary/aromatic N) is 3. The van der Waals surface area contributed by atoms with Crippen LogP contribution in [0, 0.1) is 0 Å². The highest BCUT2D eigenvalue weighted by Gasteiger charge is 2.16. The molecule has 0 aromatic carbocycles. The third kappa shape index (κ3) is 3.04. The molecule has 1 aromatic rings. The van der Waals surface area contributed by atoms with Gasteiger partial charge in [0, 0.05) is 25.0 Å². The fraction of sp³-hybridized carbons (Fsp3) is 0.727. The average molecular weight is 208 g/mol. The summed E-state index contributed by atoms with van der Waals surface area (Å²) >= 11 is 0. The Morgan fingerprint density at radius 3 is 2.73 bits per heavy atom. The Balaban J connectivity index is 1.69. The summed E-state index contributed by atoms with van der Waals surface area (Å²) in [6.45, 7) is 4.56. The normalized spacial score (nSPS) is 19.5. The summed E-state index contributed by atoms with van der Waals surface area (Å²) in [5.41, 5.74) is 0. The molecule has 0 aliphatic carbocycles. The maximum absolute atomic E-state index is 4.21. The highest BCUT2D eigenvalue weighted by Crippen LogP contribution is 2.09. The van der Waals surface area contributed by atoms with Crippen LogP contribution in [0.1, 0.15) is 12.8 Å². The van der Waals surface area contributed by atoms with Crippen LogP contribution in [0.2, 0.25) is 0 Å². The van der Waals surface area contributed by atoms with E-state index in [2.05, 4.69) is 22.4 Å². The summed E-state index contributed by atoms with van der Waals surface area (Å²) in [5, 5.41) is 7.56. The SMILES string of the molecule is CNC1CCN(CCn2cccn2)CC1. The molecular weight excluding hydrogens is 188 g/mol. The number of hydrogen-bond acceptors (Lipinski definition) is 3. The predicted molar refractivity (Wildman–Crippen MR) is 60.7 cm³/mol. The highest BCUT2D eigenvalue weighted by molar-refractivity contribution is 4.79. The van der Waals surface area contributed by atoms with Crippen LogP contribution in [0.4, 0.5) is 0 Å². The number of aromatic nitrogens is 2. The van der Waals surface area contributed by atoms with Crippen molar-refractivity contribution in [1.29, 1.82) is 0 Å². The second kappa shape index (κ2) is 5.28. The molecule has 4 nitrogen and oxygen atoms in total. The van der Waals surface area contributed by atoms with Gasteiger partial charge in [-0.2, -0.15) is 5.10 Å². The Kier molecular flexibility index (Phi) is 3.75. The van der Waals surface area contributed by atoms with Crippen molar-refractivity contribution in [2.45, 2.75) is 25.4 Å². The number of hydrogen-bond donors (Lipinski definition) is 1. The molecule has 1 fully saturated rings. The van der Waals surface area contributed by atoms with Crippen molar-refractivity contribution in [2.24, 2.45) is 0 Å². The summed E-state index contributed by atoms with van der Waals surface area (Å²) in [4.78, 5) is 2.52. The molecule has 1 saturated heterocycles. The van der Waals surface area contributed by atoms with Gasteiger partial charge in [0.1, 0.15) is 0 Å². The summed E-state index contributed by atoms with van der Waals surface area (Å²) in [5.74, 6) is 0. The molecule has 0 bridgehead atoms. The summed E-state index contributed by atoms with van der Waals surface area (Å²) in [6.07, 6.45) is 6.42. The molecule has 0 unspecified atom stereocenters. The second-order valence-electron chi connectivity index (χ2n) is 4.17. The molecule has 84 valence electrons. The molecule has 0 saturated carbocycles. The minimum absolute atomic E-state index is 0.728. The lowest BCUT2D eigenvalue weighted by atomic mass is 10.1. The van der Waals surface area contributed by atoms with Crippen molar-refractivity contribution in [1.82, 2.24) is 20.0 Å². The molecule has 2 heterocycles. The van der Waals surface area contributed by atoms with Gasteiger partial charge in [-0.25, -0.2) is 0 Å². The third-order valence-corrected chi connectivity index (χ3v) is 3.20. The smallest absolute Gasteiger partial charge is 0.0536 e. The zero-order valence-corrected chi connectivity index (χ0v) is 9.39. The van der Waals surface area contributed by atoms with E-state index in [1.165, 1.54) is 25.9 Å². The monoisotopic (exact) mass is 208 g/mol. The first-order valence-electron chi connectivity index (χ1n) is 5.75. The van der Waals surface area contributed by atoms with E-state index in [0.29, 0.717) is 0 Å². The number of rotatable bonds is 4. The Morgan fingerprint density at radius 2 is 2.13 bits per heavy atom. The van der Waals surface area contributed by atoms with E-state index in [-0.39, 0.29) is 0 Å². The molecule has 1 aliphatic rings. The molecular formula is C11H20N4. The quantitative estimate of drug-likeness (QED) is 0.785. The first kappa shape index (κ1) is 10.6. The van der Waals surface area contributed by atoms with Crippen LogP contribution >= 0.6 is 0 Å². The van der Waals surface area contributed by atoms with E-state index in [1.807, 2.05) is 23.1 Å².